The van der Waals surface area contributed by atoms with E-state index in [4.69, 9.17) is 0 Å². The second-order valence-electron chi connectivity index (χ2n) is 5.66. The number of likely N-dealkylation sites (tertiary alicyclic amines) is 1. The van der Waals surface area contributed by atoms with Gasteiger partial charge in [0.25, 0.3) is 0 Å². The standard InChI is InChI=1S/C18H17BrN2O2/c19-15-6-8-16(9-7-15)20-18(23)14-10-17(22)21(12-14)11-13-4-2-1-3-5-13/h1-9,14H,10-12H2,(H,20,23)/t14-/m0/s1. The summed E-state index contributed by atoms with van der Waals surface area (Å²) in [6.07, 6.45) is 0.273. The molecule has 1 saturated heterocycles. The predicted molar refractivity (Wildman–Crippen MR) is 92.7 cm³/mol. The minimum atomic E-state index is -0.296. The predicted octanol–water partition coefficient (Wildman–Crippen LogP) is 3.44. The summed E-state index contributed by atoms with van der Waals surface area (Å²) in [5, 5.41) is 2.88. The summed E-state index contributed by atoms with van der Waals surface area (Å²) in [5.74, 6) is -0.365. The van der Waals surface area contributed by atoms with Gasteiger partial charge in [0.05, 0.1) is 5.92 Å². The fraction of sp³-hybridized carbons (Fsp3) is 0.222. The van der Waals surface area contributed by atoms with Gasteiger partial charge in [0.15, 0.2) is 0 Å². The fourth-order valence-electron chi connectivity index (χ4n) is 2.68. The highest BCUT2D eigenvalue weighted by atomic mass is 79.9. The highest BCUT2D eigenvalue weighted by Crippen LogP contribution is 2.22. The van der Waals surface area contributed by atoms with Crippen LogP contribution in [-0.2, 0) is 16.1 Å². The summed E-state index contributed by atoms with van der Waals surface area (Å²) in [4.78, 5) is 26.2. The van der Waals surface area contributed by atoms with Crippen molar-refractivity contribution in [2.45, 2.75) is 13.0 Å². The number of carbonyl (C=O) groups is 2. The van der Waals surface area contributed by atoms with Crippen LogP contribution in [0.4, 0.5) is 5.69 Å². The molecule has 1 N–H and O–H groups in total. The molecule has 2 amide bonds. The van der Waals surface area contributed by atoms with E-state index in [1.807, 2.05) is 54.6 Å². The molecule has 0 unspecified atom stereocenters. The molecular formula is C18H17BrN2O2. The monoisotopic (exact) mass is 372 g/mol. The number of amides is 2. The van der Waals surface area contributed by atoms with Crippen LogP contribution in [0.2, 0.25) is 0 Å². The Morgan fingerprint density at radius 1 is 1.13 bits per heavy atom. The van der Waals surface area contributed by atoms with Crippen molar-refractivity contribution in [1.29, 1.82) is 0 Å². The largest absolute Gasteiger partial charge is 0.338 e. The maximum Gasteiger partial charge on any atom is 0.229 e. The van der Waals surface area contributed by atoms with Gasteiger partial charge in [-0.05, 0) is 29.8 Å². The SMILES string of the molecule is O=C(Nc1ccc(Br)cc1)[C@H]1CC(=O)N(Cc2ccccc2)C1. The minimum absolute atomic E-state index is 0.0322. The Morgan fingerprint density at radius 2 is 1.83 bits per heavy atom. The van der Waals surface area contributed by atoms with E-state index in [0.717, 1.165) is 15.7 Å². The molecule has 118 valence electrons. The van der Waals surface area contributed by atoms with E-state index in [1.165, 1.54) is 0 Å². The number of carbonyl (C=O) groups excluding carboxylic acids is 2. The molecule has 3 rings (SSSR count). The van der Waals surface area contributed by atoms with E-state index in [2.05, 4.69) is 21.2 Å². The van der Waals surface area contributed by atoms with Crippen LogP contribution in [0.3, 0.4) is 0 Å². The van der Waals surface area contributed by atoms with Crippen molar-refractivity contribution in [2.75, 3.05) is 11.9 Å². The number of nitrogens with one attached hydrogen (secondary N) is 1. The second kappa shape index (κ2) is 6.96. The van der Waals surface area contributed by atoms with E-state index in [0.29, 0.717) is 13.1 Å². The highest BCUT2D eigenvalue weighted by Gasteiger charge is 2.34. The first-order valence-corrected chi connectivity index (χ1v) is 8.29. The molecule has 0 saturated carbocycles. The van der Waals surface area contributed by atoms with Crippen LogP contribution < -0.4 is 5.32 Å². The zero-order valence-electron chi connectivity index (χ0n) is 12.5. The van der Waals surface area contributed by atoms with Crippen LogP contribution in [-0.4, -0.2) is 23.3 Å². The van der Waals surface area contributed by atoms with Gasteiger partial charge in [-0.1, -0.05) is 46.3 Å². The Labute approximate surface area is 143 Å². The average Bonchev–Trinajstić information content (AvgIpc) is 2.92. The summed E-state index contributed by atoms with van der Waals surface area (Å²) in [6.45, 7) is 1.03. The Balaban J connectivity index is 1.60. The van der Waals surface area contributed by atoms with Crippen LogP contribution in [0, 0.1) is 5.92 Å². The molecule has 2 aromatic rings. The lowest BCUT2D eigenvalue weighted by Crippen LogP contribution is -2.28. The van der Waals surface area contributed by atoms with Crippen molar-refractivity contribution in [1.82, 2.24) is 4.90 Å². The molecule has 1 heterocycles. The first kappa shape index (κ1) is 15.7. The maximum absolute atomic E-state index is 12.3. The van der Waals surface area contributed by atoms with E-state index in [1.54, 1.807) is 4.90 Å². The zero-order chi connectivity index (χ0) is 16.2. The van der Waals surface area contributed by atoms with Crippen LogP contribution in [0.1, 0.15) is 12.0 Å². The van der Waals surface area contributed by atoms with Gasteiger partial charge in [-0.3, -0.25) is 9.59 Å². The number of hydrogen-bond acceptors (Lipinski definition) is 2. The molecule has 0 radical (unpaired) electrons. The molecule has 0 aromatic heterocycles. The number of rotatable bonds is 4. The van der Waals surface area contributed by atoms with Crippen molar-refractivity contribution in [3.05, 3.63) is 64.6 Å². The van der Waals surface area contributed by atoms with Gasteiger partial charge >= 0.3 is 0 Å². The maximum atomic E-state index is 12.3. The van der Waals surface area contributed by atoms with Crippen LogP contribution >= 0.6 is 15.9 Å². The van der Waals surface area contributed by atoms with Gasteiger partial charge in [0.2, 0.25) is 11.8 Å². The molecule has 1 aliphatic rings. The van der Waals surface area contributed by atoms with Gasteiger partial charge in [-0.25, -0.2) is 0 Å². The molecule has 4 nitrogen and oxygen atoms in total. The highest BCUT2D eigenvalue weighted by molar-refractivity contribution is 9.10. The first-order chi connectivity index (χ1) is 11.1. The van der Waals surface area contributed by atoms with Gasteiger partial charge in [-0.15, -0.1) is 0 Å². The third-order valence-corrected chi connectivity index (χ3v) is 4.44. The number of halogens is 1. The molecule has 0 spiro atoms. The van der Waals surface area contributed by atoms with E-state index in [-0.39, 0.29) is 24.2 Å². The van der Waals surface area contributed by atoms with Crippen molar-refractivity contribution in [2.24, 2.45) is 5.92 Å². The normalized spacial score (nSPS) is 17.3. The lowest BCUT2D eigenvalue weighted by atomic mass is 10.1. The Bertz CT molecular complexity index is 701. The molecule has 2 aromatic carbocycles. The van der Waals surface area contributed by atoms with Crippen molar-refractivity contribution >= 4 is 33.4 Å². The first-order valence-electron chi connectivity index (χ1n) is 7.50. The summed E-state index contributed by atoms with van der Waals surface area (Å²) >= 11 is 3.36. The van der Waals surface area contributed by atoms with Gasteiger partial charge in [-0.2, -0.15) is 0 Å². The smallest absolute Gasteiger partial charge is 0.229 e. The van der Waals surface area contributed by atoms with Crippen LogP contribution in [0.5, 0.6) is 0 Å². The molecular weight excluding hydrogens is 356 g/mol. The topological polar surface area (TPSA) is 49.4 Å². The number of nitrogens with zero attached hydrogens (tertiary/aromatic N) is 1. The van der Waals surface area contributed by atoms with E-state index >= 15 is 0 Å². The van der Waals surface area contributed by atoms with E-state index < -0.39 is 0 Å². The fourth-order valence-corrected chi connectivity index (χ4v) is 2.95. The van der Waals surface area contributed by atoms with Crippen molar-refractivity contribution in [3.63, 3.8) is 0 Å². The Kier molecular flexibility index (Phi) is 4.76. The van der Waals surface area contributed by atoms with E-state index in [9.17, 15) is 9.59 Å². The summed E-state index contributed by atoms with van der Waals surface area (Å²) < 4.78 is 0.959. The summed E-state index contributed by atoms with van der Waals surface area (Å²) in [6, 6.07) is 17.2. The van der Waals surface area contributed by atoms with Gasteiger partial charge in [0.1, 0.15) is 0 Å². The zero-order valence-corrected chi connectivity index (χ0v) is 14.1. The van der Waals surface area contributed by atoms with Crippen molar-refractivity contribution < 1.29 is 9.59 Å². The quantitative estimate of drug-likeness (QED) is 0.893. The average molecular weight is 373 g/mol. The number of benzene rings is 2. The number of hydrogen-bond donors (Lipinski definition) is 1. The lowest BCUT2D eigenvalue weighted by molar-refractivity contribution is -0.128. The molecule has 5 heteroatoms. The molecule has 1 aliphatic heterocycles. The van der Waals surface area contributed by atoms with Crippen molar-refractivity contribution in [3.8, 4) is 0 Å². The van der Waals surface area contributed by atoms with Crippen LogP contribution in [0.25, 0.3) is 0 Å². The Hall–Kier alpha value is -2.14. The molecule has 1 atom stereocenters. The minimum Gasteiger partial charge on any atom is -0.338 e. The van der Waals surface area contributed by atoms with Crippen LogP contribution in [0.15, 0.2) is 59.1 Å². The second-order valence-corrected chi connectivity index (χ2v) is 6.57. The molecule has 1 fully saturated rings. The summed E-state index contributed by atoms with van der Waals surface area (Å²) in [5.41, 5.74) is 1.82. The summed E-state index contributed by atoms with van der Waals surface area (Å²) in [7, 11) is 0. The third-order valence-electron chi connectivity index (χ3n) is 3.91. The molecule has 23 heavy (non-hydrogen) atoms. The Morgan fingerprint density at radius 3 is 2.52 bits per heavy atom. The third kappa shape index (κ3) is 3.99. The number of anilines is 1. The molecule has 0 aliphatic carbocycles. The lowest BCUT2D eigenvalue weighted by Gasteiger charge is -2.16. The molecule has 0 bridgehead atoms. The van der Waals surface area contributed by atoms with Gasteiger partial charge in [0, 0.05) is 29.7 Å². The van der Waals surface area contributed by atoms with Gasteiger partial charge < -0.3 is 10.2 Å².